The van der Waals surface area contributed by atoms with Gasteiger partial charge in [0.25, 0.3) is 0 Å². The molecule has 0 aliphatic carbocycles. The highest BCUT2D eigenvalue weighted by molar-refractivity contribution is 5.88. The molecular weight excluding hydrogens is 218 g/mol. The number of methoxy groups -OCH3 is 1. The summed E-state index contributed by atoms with van der Waals surface area (Å²) in [7, 11) is 1.15. The predicted octanol–water partition coefficient (Wildman–Crippen LogP) is 3.01. The molecule has 0 saturated carbocycles. The van der Waals surface area contributed by atoms with Crippen LogP contribution in [-0.2, 0) is 0 Å². The molecule has 1 aromatic carbocycles. The number of rotatable bonds is 2. The van der Waals surface area contributed by atoms with Gasteiger partial charge in [-0.25, -0.2) is 13.6 Å². The zero-order chi connectivity index (χ0) is 12.9. The summed E-state index contributed by atoms with van der Waals surface area (Å²) >= 11 is 0. The van der Waals surface area contributed by atoms with E-state index in [1.54, 1.807) is 0 Å². The molecule has 1 rings (SSSR count). The normalized spacial score (nSPS) is 9.12. The first-order valence-corrected chi connectivity index (χ1v) is 4.75. The summed E-state index contributed by atoms with van der Waals surface area (Å²) in [6.45, 7) is 5.31. The summed E-state index contributed by atoms with van der Waals surface area (Å²) in [5.74, 6) is -3.76. The number of carboxylic acid groups (broad SMARTS) is 1. The van der Waals surface area contributed by atoms with E-state index in [-0.39, 0.29) is 11.3 Å². The Balaban J connectivity index is 0.00000106. The highest BCUT2D eigenvalue weighted by Crippen LogP contribution is 2.27. The second kappa shape index (κ2) is 6.05. The van der Waals surface area contributed by atoms with Crippen molar-refractivity contribution in [3.8, 4) is 5.75 Å². The SMILES string of the molecule is CC.COc1c(C)c(F)cc(C(=O)O)c1F. The molecule has 0 saturated heterocycles. The Bertz CT molecular complexity index is 389. The molecule has 0 spiro atoms. The molecule has 0 unspecified atom stereocenters. The summed E-state index contributed by atoms with van der Waals surface area (Å²) in [5, 5.41) is 8.54. The highest BCUT2D eigenvalue weighted by Gasteiger charge is 2.20. The van der Waals surface area contributed by atoms with Crippen LogP contribution in [0, 0.1) is 18.6 Å². The van der Waals surface area contributed by atoms with Crippen molar-refractivity contribution in [1.29, 1.82) is 0 Å². The maximum absolute atomic E-state index is 13.3. The lowest BCUT2D eigenvalue weighted by Crippen LogP contribution is -2.05. The molecule has 5 heteroatoms. The van der Waals surface area contributed by atoms with E-state index in [0.717, 1.165) is 7.11 Å². The van der Waals surface area contributed by atoms with Gasteiger partial charge in [0.15, 0.2) is 11.6 Å². The number of carboxylic acids is 1. The van der Waals surface area contributed by atoms with Crippen LogP contribution < -0.4 is 4.74 Å². The van der Waals surface area contributed by atoms with E-state index in [9.17, 15) is 13.6 Å². The average molecular weight is 232 g/mol. The summed E-state index contributed by atoms with van der Waals surface area (Å²) < 4.78 is 30.9. The summed E-state index contributed by atoms with van der Waals surface area (Å²) in [6.07, 6.45) is 0. The maximum atomic E-state index is 13.3. The van der Waals surface area contributed by atoms with Crippen LogP contribution in [0.1, 0.15) is 29.8 Å². The largest absolute Gasteiger partial charge is 0.493 e. The lowest BCUT2D eigenvalue weighted by Gasteiger charge is -2.08. The lowest BCUT2D eigenvalue weighted by atomic mass is 10.1. The zero-order valence-corrected chi connectivity index (χ0v) is 9.60. The smallest absolute Gasteiger partial charge is 0.338 e. The van der Waals surface area contributed by atoms with E-state index in [1.807, 2.05) is 13.8 Å². The van der Waals surface area contributed by atoms with Gasteiger partial charge < -0.3 is 9.84 Å². The number of ether oxygens (including phenoxy) is 1. The van der Waals surface area contributed by atoms with E-state index in [1.165, 1.54) is 6.92 Å². The standard InChI is InChI=1S/C9H8F2O3.C2H6/c1-4-6(10)3-5(9(12)13)7(11)8(4)14-2;1-2/h3H,1-2H3,(H,12,13);1-2H3. The lowest BCUT2D eigenvalue weighted by molar-refractivity contribution is 0.0690. The van der Waals surface area contributed by atoms with Crippen molar-refractivity contribution < 1.29 is 23.4 Å². The third-order valence-corrected chi connectivity index (χ3v) is 1.84. The van der Waals surface area contributed by atoms with E-state index >= 15 is 0 Å². The molecule has 1 N–H and O–H groups in total. The van der Waals surface area contributed by atoms with Gasteiger partial charge in [0.1, 0.15) is 11.4 Å². The van der Waals surface area contributed by atoms with Gasteiger partial charge in [0.2, 0.25) is 0 Å². The molecule has 0 amide bonds. The van der Waals surface area contributed by atoms with Crippen molar-refractivity contribution in [3.05, 3.63) is 28.8 Å². The van der Waals surface area contributed by atoms with Crippen LogP contribution in [0.4, 0.5) is 8.78 Å². The van der Waals surface area contributed by atoms with E-state index < -0.39 is 23.2 Å². The molecule has 16 heavy (non-hydrogen) atoms. The zero-order valence-electron chi connectivity index (χ0n) is 9.60. The number of aromatic carboxylic acids is 1. The maximum Gasteiger partial charge on any atom is 0.338 e. The Kier molecular flexibility index (Phi) is 5.42. The molecule has 0 aliphatic rings. The van der Waals surface area contributed by atoms with E-state index in [0.29, 0.717) is 6.07 Å². The molecule has 90 valence electrons. The minimum Gasteiger partial charge on any atom is -0.493 e. The van der Waals surface area contributed by atoms with Crippen molar-refractivity contribution in [2.45, 2.75) is 20.8 Å². The van der Waals surface area contributed by atoms with Gasteiger partial charge in [0.05, 0.1) is 7.11 Å². The fourth-order valence-electron chi connectivity index (χ4n) is 1.09. The summed E-state index contributed by atoms with van der Waals surface area (Å²) in [6, 6.07) is 0.634. The van der Waals surface area contributed by atoms with Crippen LogP contribution in [0.5, 0.6) is 5.75 Å². The number of hydrogen-bond acceptors (Lipinski definition) is 2. The van der Waals surface area contributed by atoms with Crippen LogP contribution in [0.2, 0.25) is 0 Å². The molecule has 0 aliphatic heterocycles. The van der Waals surface area contributed by atoms with E-state index in [2.05, 4.69) is 4.74 Å². The van der Waals surface area contributed by atoms with Gasteiger partial charge in [0, 0.05) is 5.56 Å². The fourth-order valence-corrected chi connectivity index (χ4v) is 1.09. The second-order valence-electron chi connectivity index (χ2n) is 2.68. The third kappa shape index (κ3) is 2.68. The van der Waals surface area contributed by atoms with Gasteiger partial charge in [-0.1, -0.05) is 13.8 Å². The van der Waals surface area contributed by atoms with Gasteiger partial charge in [-0.3, -0.25) is 0 Å². The highest BCUT2D eigenvalue weighted by atomic mass is 19.1. The first-order valence-electron chi connectivity index (χ1n) is 4.75. The molecule has 0 heterocycles. The molecule has 0 radical (unpaired) electrons. The van der Waals surface area contributed by atoms with Crippen LogP contribution in [0.3, 0.4) is 0 Å². The molecule has 0 aromatic heterocycles. The second-order valence-corrected chi connectivity index (χ2v) is 2.68. The van der Waals surface area contributed by atoms with Gasteiger partial charge in [-0.05, 0) is 13.0 Å². The van der Waals surface area contributed by atoms with Crippen LogP contribution in [0.25, 0.3) is 0 Å². The number of carbonyl (C=O) groups is 1. The van der Waals surface area contributed by atoms with Gasteiger partial charge in [-0.2, -0.15) is 0 Å². The minimum atomic E-state index is -1.53. The first kappa shape index (κ1) is 14.3. The minimum absolute atomic E-state index is 0.0463. The number of benzene rings is 1. The van der Waals surface area contributed by atoms with Crippen LogP contribution in [0.15, 0.2) is 6.07 Å². The summed E-state index contributed by atoms with van der Waals surface area (Å²) in [4.78, 5) is 10.5. The fraction of sp³-hybridized carbons (Fsp3) is 0.364. The Labute approximate surface area is 92.7 Å². The molecule has 0 atom stereocenters. The Morgan fingerprint density at radius 1 is 1.38 bits per heavy atom. The monoisotopic (exact) mass is 232 g/mol. The van der Waals surface area contributed by atoms with Crippen molar-refractivity contribution in [2.24, 2.45) is 0 Å². The number of hydrogen-bond donors (Lipinski definition) is 1. The van der Waals surface area contributed by atoms with Crippen LogP contribution in [-0.4, -0.2) is 18.2 Å². The molecule has 0 fully saturated rings. The van der Waals surface area contributed by atoms with Crippen molar-refractivity contribution in [2.75, 3.05) is 7.11 Å². The first-order chi connectivity index (χ1) is 7.49. The van der Waals surface area contributed by atoms with Crippen LogP contribution >= 0.6 is 0 Å². The number of halogens is 2. The molecule has 1 aromatic rings. The molecule has 3 nitrogen and oxygen atoms in total. The third-order valence-electron chi connectivity index (χ3n) is 1.84. The topological polar surface area (TPSA) is 46.5 Å². The summed E-state index contributed by atoms with van der Waals surface area (Å²) in [5.41, 5.74) is -0.778. The van der Waals surface area contributed by atoms with Crippen molar-refractivity contribution in [1.82, 2.24) is 0 Å². The van der Waals surface area contributed by atoms with Crippen molar-refractivity contribution >= 4 is 5.97 Å². The van der Waals surface area contributed by atoms with Crippen molar-refractivity contribution in [3.63, 3.8) is 0 Å². The van der Waals surface area contributed by atoms with Gasteiger partial charge >= 0.3 is 5.97 Å². The molecule has 0 bridgehead atoms. The molecular formula is C11H14F2O3. The Hall–Kier alpha value is -1.65. The van der Waals surface area contributed by atoms with Gasteiger partial charge in [-0.15, -0.1) is 0 Å². The predicted molar refractivity (Wildman–Crippen MR) is 56.0 cm³/mol. The Morgan fingerprint density at radius 2 is 1.88 bits per heavy atom. The average Bonchev–Trinajstić information content (AvgIpc) is 2.27. The Morgan fingerprint density at radius 3 is 2.25 bits per heavy atom. The van der Waals surface area contributed by atoms with E-state index in [4.69, 9.17) is 5.11 Å². The quantitative estimate of drug-likeness (QED) is 0.852.